The summed E-state index contributed by atoms with van der Waals surface area (Å²) in [5.74, 6) is 2.14. The van der Waals surface area contributed by atoms with E-state index in [4.69, 9.17) is 33.8 Å². The topological polar surface area (TPSA) is 95.7 Å². The van der Waals surface area contributed by atoms with Gasteiger partial charge in [0.25, 0.3) is 0 Å². The summed E-state index contributed by atoms with van der Waals surface area (Å²) in [7, 11) is 0. The highest BCUT2D eigenvalue weighted by Gasteiger charge is 2.23. The first-order valence-electron chi connectivity index (χ1n) is 21.1. The Hall–Kier alpha value is -8.75. The Labute approximate surface area is 367 Å². The second-order valence-electron chi connectivity index (χ2n) is 15.7. The second-order valence-corrected chi connectivity index (χ2v) is 15.7. The maximum atomic E-state index is 6.83. The Kier molecular flexibility index (Phi) is 8.69. The lowest BCUT2D eigenvalue weighted by molar-refractivity contribution is 0.666. The molecule has 64 heavy (non-hydrogen) atoms. The number of hydrogen-bond acceptors (Lipinski definition) is 7. The Bertz CT molecular complexity index is 3810. The molecule has 12 aromatic rings. The number of para-hydroxylation sites is 3. The molecular weight excluding hydrogens is 789 g/mol. The van der Waals surface area contributed by atoms with Crippen molar-refractivity contribution < 1.29 is 8.83 Å². The van der Waals surface area contributed by atoms with Crippen molar-refractivity contribution in [3.05, 3.63) is 205 Å². The van der Waals surface area contributed by atoms with E-state index < -0.39 is 0 Å². The van der Waals surface area contributed by atoms with Gasteiger partial charge in [0, 0.05) is 49.5 Å². The van der Waals surface area contributed by atoms with Crippen LogP contribution in [-0.4, -0.2) is 29.5 Å². The van der Waals surface area contributed by atoms with Crippen LogP contribution in [0.25, 0.3) is 118 Å². The zero-order valence-corrected chi connectivity index (χ0v) is 34.6. The molecule has 0 saturated heterocycles. The Morgan fingerprint density at radius 3 is 1.95 bits per heavy atom. The normalized spacial score (nSPS) is 12.0. The van der Waals surface area contributed by atoms with Gasteiger partial charge in [-0.2, -0.15) is 9.97 Å². The minimum absolute atomic E-state index is 0.512. The van der Waals surface area contributed by atoms with Gasteiger partial charge < -0.3 is 8.83 Å². The predicted octanol–water partition coefficient (Wildman–Crippen LogP) is 14.1. The summed E-state index contributed by atoms with van der Waals surface area (Å²) in [6.45, 7) is 6.27. The summed E-state index contributed by atoms with van der Waals surface area (Å²) < 4.78 is 15.3. The molecule has 0 aliphatic rings. The fourth-order valence-electron chi connectivity index (χ4n) is 8.81. The van der Waals surface area contributed by atoms with Crippen LogP contribution in [0.1, 0.15) is 16.8 Å². The monoisotopic (exact) mass is 824 g/mol. The average Bonchev–Trinajstić information content (AvgIpc) is 4.02. The van der Waals surface area contributed by atoms with Gasteiger partial charge in [-0.05, 0) is 60.5 Å². The van der Waals surface area contributed by atoms with Gasteiger partial charge in [-0.1, -0.05) is 152 Å². The number of hydrogen-bond donors (Lipinski definition) is 0. The van der Waals surface area contributed by atoms with Crippen molar-refractivity contribution in [2.24, 2.45) is 0 Å². The van der Waals surface area contributed by atoms with Crippen molar-refractivity contribution in [3.63, 3.8) is 0 Å². The van der Waals surface area contributed by atoms with E-state index in [1.54, 1.807) is 0 Å². The third-order valence-electron chi connectivity index (χ3n) is 11.9. The molecule has 0 aliphatic carbocycles. The van der Waals surface area contributed by atoms with E-state index in [0.717, 1.165) is 88.5 Å². The van der Waals surface area contributed by atoms with Crippen LogP contribution in [0.4, 0.5) is 0 Å². The van der Waals surface area contributed by atoms with Crippen molar-refractivity contribution in [3.8, 4) is 51.4 Å². The molecule has 0 aliphatic heterocycles. The SMILES string of the molecule is C=C/C(=C\c1c(C)n(-c2nc(-c3ccccc3)nc(-c3ccc4c(c3)oc3c(-c5nc(-c6ccccc6)c6oc7ccccc7c6n5)cccc34)n2)c2ccccc12)c1ccccc1. The smallest absolute Gasteiger partial charge is 0.238 e. The first-order chi connectivity index (χ1) is 31.6. The summed E-state index contributed by atoms with van der Waals surface area (Å²) in [6, 6.07) is 59.0. The zero-order valence-electron chi connectivity index (χ0n) is 34.6. The summed E-state index contributed by atoms with van der Waals surface area (Å²) in [5, 5.41) is 3.91. The highest BCUT2D eigenvalue weighted by Crippen LogP contribution is 2.40. The second kappa shape index (κ2) is 15.0. The lowest BCUT2D eigenvalue weighted by Gasteiger charge is -2.11. The lowest BCUT2D eigenvalue weighted by atomic mass is 10.0. The number of benzene rings is 7. The molecule has 7 aromatic carbocycles. The molecule has 8 heteroatoms. The van der Waals surface area contributed by atoms with Crippen LogP contribution in [0.5, 0.6) is 0 Å². The fourth-order valence-corrected chi connectivity index (χ4v) is 8.81. The maximum Gasteiger partial charge on any atom is 0.238 e. The first-order valence-corrected chi connectivity index (χ1v) is 21.1. The molecular formula is C56H36N6O2. The molecule has 8 nitrogen and oxygen atoms in total. The standard InChI is InChI=1S/C56H36N6O2/c1-3-35(36-18-7-4-8-19-36)32-45-34(2)62(46-28-15-13-24-40(45)46)56-60-53(38-22-11-6-12-23-38)59-54(61-56)39-30-31-41-42-26-17-27-44(51(42)64-48(41)33-39)55-57-49(37-20-9-5-10-21-37)52-50(58-55)43-25-14-16-29-47(43)63-52/h3-33H,1H2,2H3/b35-32+. The molecule has 0 unspecified atom stereocenters. The molecule has 5 aromatic heterocycles. The van der Waals surface area contributed by atoms with E-state index in [2.05, 4.69) is 72.7 Å². The molecule has 0 fully saturated rings. The third-order valence-corrected chi connectivity index (χ3v) is 11.9. The highest BCUT2D eigenvalue weighted by molar-refractivity contribution is 6.11. The summed E-state index contributed by atoms with van der Waals surface area (Å²) in [5.41, 5.74) is 12.8. The molecule has 12 rings (SSSR count). The molecule has 0 amide bonds. The Morgan fingerprint density at radius 2 is 1.17 bits per heavy atom. The van der Waals surface area contributed by atoms with Crippen LogP contribution in [0, 0.1) is 6.92 Å². The lowest BCUT2D eigenvalue weighted by Crippen LogP contribution is -2.07. The molecule has 0 radical (unpaired) electrons. The first kappa shape index (κ1) is 37.0. The minimum atomic E-state index is 0.512. The maximum absolute atomic E-state index is 6.83. The van der Waals surface area contributed by atoms with E-state index >= 15 is 0 Å². The van der Waals surface area contributed by atoms with E-state index in [-0.39, 0.29) is 0 Å². The van der Waals surface area contributed by atoms with Gasteiger partial charge in [0.2, 0.25) is 5.95 Å². The van der Waals surface area contributed by atoms with Crippen LogP contribution in [-0.2, 0) is 0 Å². The van der Waals surface area contributed by atoms with E-state index in [9.17, 15) is 0 Å². The van der Waals surface area contributed by atoms with Gasteiger partial charge >= 0.3 is 0 Å². The minimum Gasteiger partial charge on any atom is -0.455 e. The number of rotatable bonds is 8. The quantitative estimate of drug-likeness (QED) is 0.141. The fraction of sp³-hybridized carbons (Fsp3) is 0.0179. The summed E-state index contributed by atoms with van der Waals surface area (Å²) >= 11 is 0. The van der Waals surface area contributed by atoms with Gasteiger partial charge in [-0.25, -0.2) is 15.0 Å². The van der Waals surface area contributed by atoms with E-state index in [1.165, 1.54) is 0 Å². The van der Waals surface area contributed by atoms with Crippen molar-refractivity contribution in [1.29, 1.82) is 0 Å². The van der Waals surface area contributed by atoms with Gasteiger partial charge in [-0.3, -0.25) is 4.57 Å². The molecule has 302 valence electrons. The van der Waals surface area contributed by atoms with E-state index in [0.29, 0.717) is 40.2 Å². The number of aromatic nitrogens is 6. The number of allylic oxidation sites excluding steroid dienone is 2. The molecule has 0 atom stereocenters. The Morgan fingerprint density at radius 1 is 0.516 bits per heavy atom. The molecule has 5 heterocycles. The molecule has 0 spiro atoms. The largest absolute Gasteiger partial charge is 0.455 e. The van der Waals surface area contributed by atoms with Crippen LogP contribution in [0.3, 0.4) is 0 Å². The van der Waals surface area contributed by atoms with Crippen molar-refractivity contribution in [2.75, 3.05) is 0 Å². The zero-order chi connectivity index (χ0) is 42.7. The average molecular weight is 825 g/mol. The van der Waals surface area contributed by atoms with Gasteiger partial charge in [0.1, 0.15) is 28.0 Å². The van der Waals surface area contributed by atoms with Crippen LogP contribution < -0.4 is 0 Å². The molecule has 0 bridgehead atoms. The van der Waals surface area contributed by atoms with Gasteiger partial charge in [0.15, 0.2) is 23.1 Å². The summed E-state index contributed by atoms with van der Waals surface area (Å²) in [4.78, 5) is 25.8. The number of furan rings is 2. The van der Waals surface area contributed by atoms with Crippen LogP contribution >= 0.6 is 0 Å². The number of nitrogens with zero attached hydrogens (tertiary/aromatic N) is 6. The van der Waals surface area contributed by atoms with Gasteiger partial charge in [0.05, 0.1) is 11.1 Å². The van der Waals surface area contributed by atoms with Crippen molar-refractivity contribution >= 4 is 66.6 Å². The molecule has 0 saturated carbocycles. The van der Waals surface area contributed by atoms with Crippen LogP contribution in [0.2, 0.25) is 0 Å². The summed E-state index contributed by atoms with van der Waals surface area (Å²) in [6.07, 6.45) is 4.10. The highest BCUT2D eigenvalue weighted by atomic mass is 16.3. The van der Waals surface area contributed by atoms with Gasteiger partial charge in [-0.15, -0.1) is 0 Å². The van der Waals surface area contributed by atoms with Crippen LogP contribution in [0.15, 0.2) is 197 Å². The van der Waals surface area contributed by atoms with E-state index in [1.807, 2.05) is 133 Å². The number of fused-ring (bicyclic) bond motifs is 7. The van der Waals surface area contributed by atoms with Crippen molar-refractivity contribution in [1.82, 2.24) is 29.5 Å². The van der Waals surface area contributed by atoms with Crippen molar-refractivity contribution in [2.45, 2.75) is 6.92 Å². The molecule has 0 N–H and O–H groups in total. The third kappa shape index (κ3) is 6.11. The predicted molar refractivity (Wildman–Crippen MR) is 258 cm³/mol. The Balaban J connectivity index is 1.03.